The number of carbonyl (C=O) groups excluding carboxylic acids is 2. The molecule has 0 saturated heterocycles. The van der Waals surface area contributed by atoms with E-state index in [1.807, 2.05) is 4.57 Å². The van der Waals surface area contributed by atoms with E-state index in [-0.39, 0.29) is 10.5 Å². The summed E-state index contributed by atoms with van der Waals surface area (Å²) in [6.45, 7) is 4.18. The van der Waals surface area contributed by atoms with Gasteiger partial charge in [0.2, 0.25) is 0 Å². The lowest BCUT2D eigenvalue weighted by Gasteiger charge is -2.19. The van der Waals surface area contributed by atoms with E-state index in [1.54, 1.807) is 54.6 Å². The highest BCUT2D eigenvalue weighted by molar-refractivity contribution is 7.92. The number of anilines is 1. The SMILES string of the molecule is C=CCn1c(=NC(=O)c2ccc(S(=O)(=O)N(C)c3ccccc3)cc2)sc2cc(C(=O)OC)ccc21. The summed E-state index contributed by atoms with van der Waals surface area (Å²) < 4.78 is 34.5. The number of benzene rings is 3. The number of thiazole rings is 1. The average Bonchev–Trinajstić information content (AvgIpc) is 3.24. The molecule has 0 spiro atoms. The Morgan fingerprint density at radius 1 is 1.06 bits per heavy atom. The fourth-order valence-electron chi connectivity index (χ4n) is 3.56. The van der Waals surface area contributed by atoms with Crippen molar-refractivity contribution in [3.05, 3.63) is 101 Å². The van der Waals surface area contributed by atoms with Crippen molar-refractivity contribution in [3.63, 3.8) is 0 Å². The first kappa shape index (κ1) is 25.1. The zero-order chi connectivity index (χ0) is 25.9. The molecule has 0 fully saturated rings. The van der Waals surface area contributed by atoms with Crippen molar-refractivity contribution in [1.29, 1.82) is 0 Å². The smallest absolute Gasteiger partial charge is 0.337 e. The van der Waals surface area contributed by atoms with Gasteiger partial charge in [-0.3, -0.25) is 9.10 Å². The third-order valence-electron chi connectivity index (χ3n) is 5.49. The Morgan fingerprint density at radius 2 is 1.72 bits per heavy atom. The average molecular weight is 522 g/mol. The van der Waals surface area contributed by atoms with Gasteiger partial charge in [0, 0.05) is 19.2 Å². The quantitative estimate of drug-likeness (QED) is 0.268. The van der Waals surface area contributed by atoms with Gasteiger partial charge in [-0.15, -0.1) is 6.58 Å². The first-order chi connectivity index (χ1) is 17.3. The van der Waals surface area contributed by atoms with Gasteiger partial charge in [-0.1, -0.05) is 35.6 Å². The van der Waals surface area contributed by atoms with Gasteiger partial charge in [-0.05, 0) is 54.6 Å². The molecule has 0 saturated carbocycles. The highest BCUT2D eigenvalue weighted by Gasteiger charge is 2.21. The summed E-state index contributed by atoms with van der Waals surface area (Å²) in [5, 5.41) is 0. The van der Waals surface area contributed by atoms with Gasteiger partial charge in [0.15, 0.2) is 4.80 Å². The fourth-order valence-corrected chi connectivity index (χ4v) is 5.84. The molecule has 10 heteroatoms. The number of sulfonamides is 1. The molecule has 4 aromatic rings. The number of rotatable bonds is 7. The molecule has 0 unspecified atom stereocenters. The number of aromatic nitrogens is 1. The zero-order valence-corrected chi connectivity index (χ0v) is 21.3. The van der Waals surface area contributed by atoms with Crippen LogP contribution >= 0.6 is 11.3 Å². The van der Waals surface area contributed by atoms with Crippen LogP contribution < -0.4 is 9.11 Å². The van der Waals surface area contributed by atoms with Crippen molar-refractivity contribution in [3.8, 4) is 0 Å². The van der Waals surface area contributed by atoms with E-state index >= 15 is 0 Å². The molecule has 8 nitrogen and oxygen atoms in total. The lowest BCUT2D eigenvalue weighted by Crippen LogP contribution is -2.26. The van der Waals surface area contributed by atoms with Gasteiger partial charge in [0.25, 0.3) is 15.9 Å². The minimum atomic E-state index is -3.80. The van der Waals surface area contributed by atoms with Crippen molar-refractivity contribution in [2.75, 3.05) is 18.5 Å². The van der Waals surface area contributed by atoms with E-state index in [0.717, 1.165) is 10.2 Å². The predicted molar refractivity (Wildman–Crippen MR) is 140 cm³/mol. The molecule has 36 heavy (non-hydrogen) atoms. The van der Waals surface area contributed by atoms with E-state index in [4.69, 9.17) is 4.74 Å². The van der Waals surface area contributed by atoms with Crippen molar-refractivity contribution in [1.82, 2.24) is 4.57 Å². The molecule has 1 aromatic heterocycles. The maximum Gasteiger partial charge on any atom is 0.337 e. The number of esters is 1. The normalized spacial score (nSPS) is 11.9. The van der Waals surface area contributed by atoms with Crippen LogP contribution in [0.3, 0.4) is 0 Å². The van der Waals surface area contributed by atoms with Crippen LogP contribution in [0.25, 0.3) is 10.2 Å². The van der Waals surface area contributed by atoms with Crippen LogP contribution in [0.1, 0.15) is 20.7 Å². The van der Waals surface area contributed by atoms with Gasteiger partial charge in [0.1, 0.15) is 0 Å². The predicted octanol–water partition coefficient (Wildman–Crippen LogP) is 4.24. The minimum Gasteiger partial charge on any atom is -0.465 e. The molecule has 0 aliphatic heterocycles. The van der Waals surface area contributed by atoms with Crippen LogP contribution in [0.15, 0.2) is 95.3 Å². The number of allylic oxidation sites excluding steroid dienone is 1. The molecule has 0 aliphatic carbocycles. The van der Waals surface area contributed by atoms with Gasteiger partial charge >= 0.3 is 5.97 Å². The molecule has 0 bridgehead atoms. The Balaban J connectivity index is 1.67. The molecule has 3 aromatic carbocycles. The maximum absolute atomic E-state index is 13.0. The number of carbonyl (C=O) groups is 2. The van der Waals surface area contributed by atoms with Crippen molar-refractivity contribution < 1.29 is 22.7 Å². The van der Waals surface area contributed by atoms with Gasteiger partial charge < -0.3 is 9.30 Å². The first-order valence-electron chi connectivity index (χ1n) is 10.8. The molecule has 1 amide bonds. The highest BCUT2D eigenvalue weighted by atomic mass is 32.2. The maximum atomic E-state index is 13.0. The number of hydrogen-bond acceptors (Lipinski definition) is 6. The fraction of sp³-hybridized carbons (Fsp3) is 0.115. The largest absolute Gasteiger partial charge is 0.465 e. The lowest BCUT2D eigenvalue weighted by atomic mass is 10.2. The molecule has 0 N–H and O–H groups in total. The topological polar surface area (TPSA) is 98.0 Å². The van der Waals surface area contributed by atoms with Crippen LogP contribution in [-0.4, -0.2) is 39.0 Å². The van der Waals surface area contributed by atoms with E-state index in [9.17, 15) is 18.0 Å². The van der Waals surface area contributed by atoms with Crippen LogP contribution in [0.2, 0.25) is 0 Å². The van der Waals surface area contributed by atoms with Gasteiger partial charge in [-0.25, -0.2) is 13.2 Å². The Morgan fingerprint density at radius 3 is 2.36 bits per heavy atom. The van der Waals surface area contributed by atoms with Gasteiger partial charge in [-0.2, -0.15) is 4.99 Å². The first-order valence-corrected chi connectivity index (χ1v) is 13.1. The van der Waals surface area contributed by atoms with Crippen molar-refractivity contribution >= 4 is 49.1 Å². The van der Waals surface area contributed by atoms with Gasteiger partial charge in [0.05, 0.1) is 33.5 Å². The van der Waals surface area contributed by atoms with E-state index in [1.165, 1.54) is 54.1 Å². The number of nitrogens with zero attached hydrogens (tertiary/aromatic N) is 3. The summed E-state index contributed by atoms with van der Waals surface area (Å²) in [6.07, 6.45) is 1.69. The Hall–Kier alpha value is -4.02. The Kier molecular flexibility index (Phi) is 7.18. The van der Waals surface area contributed by atoms with E-state index in [0.29, 0.717) is 22.6 Å². The molecular weight excluding hydrogens is 498 g/mol. The number of methoxy groups -OCH3 is 1. The summed E-state index contributed by atoms with van der Waals surface area (Å²) in [6, 6.07) is 19.5. The molecule has 1 heterocycles. The number of para-hydroxylation sites is 1. The number of amides is 1. The molecule has 184 valence electrons. The Bertz CT molecular complexity index is 1620. The van der Waals surface area contributed by atoms with Crippen LogP contribution in [-0.2, 0) is 21.3 Å². The number of fused-ring (bicyclic) bond motifs is 1. The molecule has 4 rings (SSSR count). The van der Waals surface area contributed by atoms with Crippen LogP contribution in [0.4, 0.5) is 5.69 Å². The van der Waals surface area contributed by atoms with Crippen molar-refractivity contribution in [2.45, 2.75) is 11.4 Å². The summed E-state index contributed by atoms with van der Waals surface area (Å²) in [5.41, 5.74) is 1.96. The second-order valence-corrected chi connectivity index (χ2v) is 10.7. The number of hydrogen-bond donors (Lipinski definition) is 0. The second-order valence-electron chi connectivity index (χ2n) is 7.71. The van der Waals surface area contributed by atoms with E-state index in [2.05, 4.69) is 11.6 Å². The lowest BCUT2D eigenvalue weighted by molar-refractivity contribution is 0.0600. The molecule has 0 atom stereocenters. The van der Waals surface area contributed by atoms with Crippen LogP contribution in [0, 0.1) is 0 Å². The summed E-state index contributed by atoms with van der Waals surface area (Å²) >= 11 is 1.26. The standard InChI is InChI=1S/C26H23N3O5S2/c1-4-16-29-22-15-12-19(25(31)34-3)17-23(22)35-26(29)27-24(30)18-10-13-21(14-11-18)36(32,33)28(2)20-8-6-5-7-9-20/h4-15,17H,1,16H2,2-3H3. The third-order valence-corrected chi connectivity index (χ3v) is 8.33. The second kappa shape index (κ2) is 10.3. The summed E-state index contributed by atoms with van der Waals surface area (Å²) in [4.78, 5) is 29.6. The molecular formula is C26H23N3O5S2. The van der Waals surface area contributed by atoms with E-state index < -0.39 is 21.9 Å². The zero-order valence-electron chi connectivity index (χ0n) is 19.6. The van der Waals surface area contributed by atoms with Crippen molar-refractivity contribution in [2.24, 2.45) is 4.99 Å². The third kappa shape index (κ3) is 4.86. The molecule has 0 radical (unpaired) electrons. The minimum absolute atomic E-state index is 0.0596. The molecule has 0 aliphatic rings. The highest BCUT2D eigenvalue weighted by Crippen LogP contribution is 2.23. The Labute approximate surface area is 212 Å². The number of ether oxygens (including phenoxy) is 1. The van der Waals surface area contributed by atoms with Crippen LogP contribution in [0.5, 0.6) is 0 Å². The monoisotopic (exact) mass is 521 g/mol. The summed E-state index contributed by atoms with van der Waals surface area (Å²) in [5.74, 6) is -0.976. The summed E-state index contributed by atoms with van der Waals surface area (Å²) in [7, 11) is -1.01.